The van der Waals surface area contributed by atoms with Crippen LogP contribution in [0.5, 0.6) is 23.0 Å². The van der Waals surface area contributed by atoms with E-state index in [1.165, 1.54) is 16.8 Å². The van der Waals surface area contributed by atoms with Crippen LogP contribution in [0.25, 0.3) is 28.2 Å². The van der Waals surface area contributed by atoms with Crippen molar-refractivity contribution in [3.05, 3.63) is 126 Å². The van der Waals surface area contributed by atoms with Crippen LogP contribution < -0.4 is 20.9 Å². The molecule has 6 aromatic rings. The zero-order valence-electron chi connectivity index (χ0n) is 28.0. The highest BCUT2D eigenvalue weighted by Crippen LogP contribution is 2.33. The molecule has 0 fully saturated rings. The third-order valence-electron chi connectivity index (χ3n) is 8.12. The van der Waals surface area contributed by atoms with E-state index in [4.69, 9.17) is 26.0 Å². The first-order valence-corrected chi connectivity index (χ1v) is 16.3. The van der Waals surface area contributed by atoms with E-state index in [0.717, 1.165) is 28.9 Å². The SMILES string of the molecule is CN(CCN)Cc1c[nH]nc1-c1ccc(Oc2ccc(F)c(-n3cc(CN(C)CCN)c(-c4ccc(Oc5ccccc5)c(F)c4)n3)c2)cc1. The van der Waals surface area contributed by atoms with Gasteiger partial charge in [-0.15, -0.1) is 0 Å². The van der Waals surface area contributed by atoms with Crippen LogP contribution in [-0.4, -0.2) is 70.1 Å². The summed E-state index contributed by atoms with van der Waals surface area (Å²) in [5, 5.41) is 12.1. The Morgan fingerprint density at radius 2 is 1.36 bits per heavy atom. The molecule has 6 rings (SSSR count). The summed E-state index contributed by atoms with van der Waals surface area (Å²) < 4.78 is 44.0. The summed E-state index contributed by atoms with van der Waals surface area (Å²) in [6.07, 6.45) is 3.64. The Kier molecular flexibility index (Phi) is 10.9. The highest BCUT2D eigenvalue weighted by Gasteiger charge is 2.19. The zero-order valence-corrected chi connectivity index (χ0v) is 28.0. The number of hydrogen-bond donors (Lipinski definition) is 3. The van der Waals surface area contributed by atoms with Crippen molar-refractivity contribution in [2.75, 3.05) is 40.3 Å². The number of nitrogens with zero attached hydrogens (tertiary/aromatic N) is 5. The summed E-state index contributed by atoms with van der Waals surface area (Å²) in [5.74, 6) is 0.566. The van der Waals surface area contributed by atoms with Crippen LogP contribution in [0.1, 0.15) is 11.1 Å². The molecule has 258 valence electrons. The van der Waals surface area contributed by atoms with Gasteiger partial charge >= 0.3 is 0 Å². The molecule has 0 saturated carbocycles. The summed E-state index contributed by atoms with van der Waals surface area (Å²) >= 11 is 0. The molecule has 0 spiro atoms. The van der Waals surface area contributed by atoms with Crippen molar-refractivity contribution >= 4 is 0 Å². The summed E-state index contributed by atoms with van der Waals surface area (Å²) in [4.78, 5) is 4.16. The molecule has 0 unspecified atom stereocenters. The van der Waals surface area contributed by atoms with Crippen molar-refractivity contribution in [2.24, 2.45) is 11.5 Å². The van der Waals surface area contributed by atoms with E-state index >= 15 is 8.78 Å². The minimum absolute atomic E-state index is 0.0880. The van der Waals surface area contributed by atoms with Gasteiger partial charge in [-0.25, -0.2) is 13.5 Å². The Morgan fingerprint density at radius 1 is 0.700 bits per heavy atom. The molecule has 2 aromatic heterocycles. The lowest BCUT2D eigenvalue weighted by atomic mass is 10.1. The highest BCUT2D eigenvalue weighted by atomic mass is 19.1. The van der Waals surface area contributed by atoms with Gasteiger partial charge in [0.2, 0.25) is 0 Å². The molecule has 0 bridgehead atoms. The van der Waals surface area contributed by atoms with Gasteiger partial charge in [0.05, 0.1) is 11.4 Å². The first kappa shape index (κ1) is 34.5. The highest BCUT2D eigenvalue weighted by molar-refractivity contribution is 5.65. The van der Waals surface area contributed by atoms with Gasteiger partial charge in [-0.2, -0.15) is 10.2 Å². The maximum Gasteiger partial charge on any atom is 0.166 e. The normalized spacial score (nSPS) is 11.4. The summed E-state index contributed by atoms with van der Waals surface area (Å²) in [6.45, 7) is 3.62. The number of likely N-dealkylation sites (N-methyl/N-ethyl adjacent to an activating group) is 2. The van der Waals surface area contributed by atoms with Gasteiger partial charge in [0.25, 0.3) is 0 Å². The van der Waals surface area contributed by atoms with Crippen LogP contribution in [0.3, 0.4) is 0 Å². The van der Waals surface area contributed by atoms with Crippen molar-refractivity contribution in [3.63, 3.8) is 0 Å². The van der Waals surface area contributed by atoms with Gasteiger partial charge in [-0.1, -0.05) is 18.2 Å². The number of halogens is 2. The number of nitrogens with one attached hydrogen (secondary N) is 1. The zero-order chi connectivity index (χ0) is 35.0. The van der Waals surface area contributed by atoms with Crippen molar-refractivity contribution in [1.29, 1.82) is 0 Å². The van der Waals surface area contributed by atoms with Gasteiger partial charge in [0.1, 0.15) is 28.8 Å². The summed E-state index contributed by atoms with van der Waals surface area (Å²) in [5.41, 5.74) is 16.3. The number of hydrogen-bond acceptors (Lipinski definition) is 8. The fraction of sp³-hybridized carbons (Fsp3) is 0.211. The number of ether oxygens (including phenoxy) is 2. The van der Waals surface area contributed by atoms with Crippen LogP contribution in [-0.2, 0) is 13.1 Å². The maximum absolute atomic E-state index is 15.4. The lowest BCUT2D eigenvalue weighted by Crippen LogP contribution is -2.25. The van der Waals surface area contributed by atoms with Crippen LogP contribution in [0.15, 0.2) is 103 Å². The molecule has 0 saturated heterocycles. The number of aromatic nitrogens is 4. The van der Waals surface area contributed by atoms with Crippen molar-refractivity contribution in [2.45, 2.75) is 13.1 Å². The lowest BCUT2D eigenvalue weighted by molar-refractivity contribution is 0.336. The van der Waals surface area contributed by atoms with Crippen molar-refractivity contribution in [1.82, 2.24) is 29.8 Å². The molecular weight excluding hydrogens is 638 g/mol. The second kappa shape index (κ2) is 15.9. The van der Waals surface area contributed by atoms with E-state index in [1.807, 2.05) is 67.7 Å². The molecule has 0 aliphatic carbocycles. The van der Waals surface area contributed by atoms with Crippen LogP contribution in [0.2, 0.25) is 0 Å². The number of H-pyrrole nitrogens is 1. The number of rotatable bonds is 15. The van der Waals surface area contributed by atoms with E-state index in [0.29, 0.717) is 61.2 Å². The summed E-state index contributed by atoms with van der Waals surface area (Å²) in [7, 11) is 3.95. The number of aromatic amines is 1. The fourth-order valence-corrected chi connectivity index (χ4v) is 5.65. The molecule has 0 atom stereocenters. The van der Waals surface area contributed by atoms with E-state index in [9.17, 15) is 0 Å². The van der Waals surface area contributed by atoms with Gasteiger partial charge < -0.3 is 30.7 Å². The third kappa shape index (κ3) is 8.24. The molecule has 2 heterocycles. The molecule has 0 amide bonds. The van der Waals surface area contributed by atoms with Gasteiger partial charge in [0.15, 0.2) is 11.6 Å². The Hall–Kier alpha value is -5.40. The number of para-hydroxylation sites is 1. The smallest absolute Gasteiger partial charge is 0.166 e. The Bertz CT molecular complexity index is 2010. The summed E-state index contributed by atoms with van der Waals surface area (Å²) in [6, 6.07) is 25.7. The first-order chi connectivity index (χ1) is 24.3. The topological polar surface area (TPSA) is 123 Å². The predicted octanol–water partition coefficient (Wildman–Crippen LogP) is 6.57. The number of benzene rings is 4. The Balaban J connectivity index is 1.25. The molecule has 0 aliphatic heterocycles. The second-order valence-electron chi connectivity index (χ2n) is 12.1. The quantitative estimate of drug-likeness (QED) is 0.111. The molecule has 12 heteroatoms. The Labute approximate surface area is 289 Å². The van der Waals surface area contributed by atoms with Crippen LogP contribution >= 0.6 is 0 Å². The Morgan fingerprint density at radius 3 is 2.06 bits per heavy atom. The van der Waals surface area contributed by atoms with Gasteiger partial charge in [-0.05, 0) is 80.8 Å². The molecule has 0 aliphatic rings. The molecule has 4 aromatic carbocycles. The van der Waals surface area contributed by atoms with E-state index < -0.39 is 11.6 Å². The standard InChI is InChI=1S/C38H40F2N8O2/c1-46(18-16-41)23-28-22-43-44-37(28)26-8-11-31(12-9-26)49-32-13-14-33(39)35(21-32)48-25-29(24-47(2)19-17-42)38(45-48)27-10-15-36(34(40)20-27)50-30-6-4-3-5-7-30/h3-15,20-22,25H,16-19,23-24,41-42H2,1-2H3,(H,43,44). The lowest BCUT2D eigenvalue weighted by Gasteiger charge is -2.15. The van der Waals surface area contributed by atoms with E-state index in [1.54, 1.807) is 42.6 Å². The molecule has 50 heavy (non-hydrogen) atoms. The minimum Gasteiger partial charge on any atom is -0.457 e. The average molecular weight is 679 g/mol. The monoisotopic (exact) mass is 678 g/mol. The third-order valence-corrected chi connectivity index (χ3v) is 8.12. The van der Waals surface area contributed by atoms with Crippen molar-refractivity contribution < 1.29 is 18.3 Å². The molecular formula is C38H40F2N8O2. The van der Waals surface area contributed by atoms with Crippen LogP contribution in [0.4, 0.5) is 8.78 Å². The van der Waals surface area contributed by atoms with E-state index in [-0.39, 0.29) is 11.4 Å². The van der Waals surface area contributed by atoms with Gasteiger partial charge in [-0.3, -0.25) is 5.10 Å². The largest absolute Gasteiger partial charge is 0.457 e. The molecule has 5 N–H and O–H groups in total. The maximum atomic E-state index is 15.4. The molecule has 10 nitrogen and oxygen atoms in total. The fourth-order valence-electron chi connectivity index (χ4n) is 5.65. The first-order valence-electron chi connectivity index (χ1n) is 16.3. The number of nitrogens with two attached hydrogens (primary N) is 2. The van der Waals surface area contributed by atoms with Gasteiger partial charge in [0, 0.05) is 80.0 Å². The molecule has 0 radical (unpaired) electrons. The minimum atomic E-state index is -0.544. The van der Waals surface area contributed by atoms with E-state index in [2.05, 4.69) is 15.1 Å². The average Bonchev–Trinajstić information content (AvgIpc) is 3.74. The second-order valence-corrected chi connectivity index (χ2v) is 12.1. The van der Waals surface area contributed by atoms with Crippen molar-refractivity contribution in [3.8, 4) is 51.2 Å². The predicted molar refractivity (Wildman–Crippen MR) is 190 cm³/mol. The van der Waals surface area contributed by atoms with Crippen LogP contribution in [0, 0.1) is 11.6 Å².